The van der Waals surface area contributed by atoms with E-state index in [1.165, 1.54) is 34.4 Å². The minimum Gasteiger partial charge on any atom is -0.462 e. The molecule has 1 atom stereocenters. The van der Waals surface area contributed by atoms with E-state index in [9.17, 15) is 9.59 Å². The second-order valence-electron chi connectivity index (χ2n) is 6.69. The molecule has 3 rings (SSSR count). The van der Waals surface area contributed by atoms with Gasteiger partial charge in [-0.3, -0.25) is 4.79 Å². The van der Waals surface area contributed by atoms with Gasteiger partial charge in [0.2, 0.25) is 5.91 Å². The Bertz CT molecular complexity index is 848. The lowest BCUT2D eigenvalue weighted by atomic mass is 10.1. The lowest BCUT2D eigenvalue weighted by Crippen LogP contribution is -2.23. The van der Waals surface area contributed by atoms with Crippen molar-refractivity contribution in [1.29, 1.82) is 0 Å². The van der Waals surface area contributed by atoms with Gasteiger partial charge in [0.25, 0.3) is 0 Å². The van der Waals surface area contributed by atoms with Crippen LogP contribution in [0.1, 0.15) is 53.9 Å². The Balaban J connectivity index is 1.79. The van der Waals surface area contributed by atoms with Crippen LogP contribution in [-0.2, 0) is 22.4 Å². The van der Waals surface area contributed by atoms with Crippen LogP contribution in [0, 0.1) is 0 Å². The predicted molar refractivity (Wildman–Crippen MR) is 117 cm³/mol. The number of benzene rings is 1. The van der Waals surface area contributed by atoms with Crippen LogP contribution in [0.5, 0.6) is 0 Å². The number of anilines is 1. The maximum atomic E-state index is 12.8. The number of amides is 1. The number of hydrogen-bond donors (Lipinski definition) is 1. The lowest BCUT2D eigenvalue weighted by Gasteiger charge is -2.13. The number of halogens is 1. The Morgan fingerprint density at radius 1 is 1.21 bits per heavy atom. The van der Waals surface area contributed by atoms with E-state index in [4.69, 9.17) is 16.3 Å². The van der Waals surface area contributed by atoms with Gasteiger partial charge < -0.3 is 10.1 Å². The molecule has 1 aliphatic rings. The number of hydrogen-bond acceptors (Lipinski definition) is 5. The normalized spacial score (nSPS) is 14.7. The summed E-state index contributed by atoms with van der Waals surface area (Å²) in [5.74, 6) is -0.461. The van der Waals surface area contributed by atoms with E-state index in [0.717, 1.165) is 36.1 Å². The fraction of sp³-hybridized carbons (Fsp3) is 0.429. The zero-order chi connectivity index (χ0) is 20.1. The Morgan fingerprint density at radius 2 is 1.93 bits per heavy atom. The molecule has 1 N–H and O–H groups in total. The predicted octanol–water partition coefficient (Wildman–Crippen LogP) is 5.97. The van der Waals surface area contributed by atoms with Crippen LogP contribution in [0.3, 0.4) is 0 Å². The highest BCUT2D eigenvalue weighted by molar-refractivity contribution is 8.00. The molecule has 0 radical (unpaired) electrons. The standard InChI is InChI=1S/C21H24ClNO3S2/c1-3-26-21(25)18-16-7-5-4-6-8-17(16)28-20(18)23-19(24)13(2)27-15-11-9-14(22)10-12-15/h9-13H,3-8H2,1-2H3,(H,23,24). The number of thioether (sulfide) groups is 1. The molecule has 0 aliphatic heterocycles. The number of thiophene rings is 1. The number of esters is 1. The summed E-state index contributed by atoms with van der Waals surface area (Å²) in [6.07, 6.45) is 5.17. The highest BCUT2D eigenvalue weighted by atomic mass is 35.5. The molecule has 1 aliphatic carbocycles. The van der Waals surface area contributed by atoms with Gasteiger partial charge in [0.1, 0.15) is 5.00 Å². The fourth-order valence-corrected chi connectivity index (χ4v) is 5.51. The van der Waals surface area contributed by atoms with Crippen molar-refractivity contribution in [2.45, 2.75) is 56.1 Å². The van der Waals surface area contributed by atoms with E-state index in [0.29, 0.717) is 22.2 Å². The van der Waals surface area contributed by atoms with Gasteiger partial charge in [-0.2, -0.15) is 0 Å². The van der Waals surface area contributed by atoms with Gasteiger partial charge in [0.05, 0.1) is 17.4 Å². The molecule has 2 aromatic rings. The molecule has 0 bridgehead atoms. The Labute approximate surface area is 179 Å². The van der Waals surface area contributed by atoms with Gasteiger partial charge in [-0.05, 0) is 69.4 Å². The number of carbonyl (C=O) groups excluding carboxylic acids is 2. The van der Waals surface area contributed by atoms with E-state index >= 15 is 0 Å². The van der Waals surface area contributed by atoms with Crippen LogP contribution in [0.4, 0.5) is 5.00 Å². The van der Waals surface area contributed by atoms with Gasteiger partial charge in [-0.25, -0.2) is 4.79 Å². The van der Waals surface area contributed by atoms with E-state index in [2.05, 4.69) is 5.32 Å². The summed E-state index contributed by atoms with van der Waals surface area (Å²) in [6.45, 7) is 3.98. The highest BCUT2D eigenvalue weighted by Crippen LogP contribution is 2.38. The summed E-state index contributed by atoms with van der Waals surface area (Å²) in [7, 11) is 0. The fourth-order valence-electron chi connectivity index (χ4n) is 3.23. The van der Waals surface area contributed by atoms with Crippen molar-refractivity contribution >= 4 is 51.6 Å². The van der Waals surface area contributed by atoms with Crippen molar-refractivity contribution < 1.29 is 14.3 Å². The molecule has 0 saturated carbocycles. The lowest BCUT2D eigenvalue weighted by molar-refractivity contribution is -0.115. The van der Waals surface area contributed by atoms with Crippen LogP contribution in [0.25, 0.3) is 0 Å². The molecule has 1 aromatic carbocycles. The minimum absolute atomic E-state index is 0.123. The number of rotatable bonds is 6. The van der Waals surface area contributed by atoms with Crippen molar-refractivity contribution in [3.8, 4) is 0 Å². The van der Waals surface area contributed by atoms with Crippen molar-refractivity contribution in [2.75, 3.05) is 11.9 Å². The third kappa shape index (κ3) is 5.10. The Kier molecular flexibility index (Phi) is 7.43. The number of ether oxygens (including phenoxy) is 1. The molecule has 1 aromatic heterocycles. The first kappa shape index (κ1) is 21.2. The largest absolute Gasteiger partial charge is 0.462 e. The zero-order valence-electron chi connectivity index (χ0n) is 16.0. The third-order valence-corrected chi connectivity index (χ3v) is 7.20. The Hall–Kier alpha value is -1.50. The molecule has 1 unspecified atom stereocenters. The molecular formula is C21H24ClNO3S2. The van der Waals surface area contributed by atoms with Crippen molar-refractivity contribution in [3.05, 3.63) is 45.3 Å². The molecule has 0 spiro atoms. The van der Waals surface area contributed by atoms with E-state index in [-0.39, 0.29) is 17.1 Å². The first-order valence-electron chi connectivity index (χ1n) is 9.54. The Morgan fingerprint density at radius 3 is 2.64 bits per heavy atom. The molecule has 28 heavy (non-hydrogen) atoms. The first-order valence-corrected chi connectivity index (χ1v) is 11.6. The molecule has 150 valence electrons. The van der Waals surface area contributed by atoms with Gasteiger partial charge >= 0.3 is 5.97 Å². The SMILES string of the molecule is CCOC(=O)c1c(NC(=O)C(C)Sc2ccc(Cl)cc2)sc2c1CCCCC2. The second kappa shape index (κ2) is 9.81. The van der Waals surface area contributed by atoms with E-state index in [1.54, 1.807) is 6.92 Å². The second-order valence-corrected chi connectivity index (χ2v) is 9.65. The van der Waals surface area contributed by atoms with Crippen LogP contribution >= 0.6 is 34.7 Å². The number of nitrogens with one attached hydrogen (secondary N) is 1. The average Bonchev–Trinajstić information content (AvgIpc) is 2.84. The van der Waals surface area contributed by atoms with Crippen LogP contribution in [0.15, 0.2) is 29.2 Å². The van der Waals surface area contributed by atoms with Crippen molar-refractivity contribution in [3.63, 3.8) is 0 Å². The summed E-state index contributed by atoms with van der Waals surface area (Å²) < 4.78 is 5.28. The maximum Gasteiger partial charge on any atom is 0.341 e. The molecule has 1 heterocycles. The van der Waals surface area contributed by atoms with Gasteiger partial charge in [0, 0.05) is 14.8 Å². The first-order chi connectivity index (χ1) is 13.5. The third-order valence-electron chi connectivity index (χ3n) is 4.63. The molecule has 7 heteroatoms. The zero-order valence-corrected chi connectivity index (χ0v) is 18.4. The summed E-state index contributed by atoms with van der Waals surface area (Å²) in [5.41, 5.74) is 1.62. The number of fused-ring (bicyclic) bond motifs is 1. The van der Waals surface area contributed by atoms with E-state index < -0.39 is 0 Å². The molecule has 4 nitrogen and oxygen atoms in total. The molecule has 1 amide bonds. The molecule has 0 fully saturated rings. The summed E-state index contributed by atoms with van der Waals surface area (Å²) >= 11 is 8.91. The van der Waals surface area contributed by atoms with E-state index in [1.807, 2.05) is 31.2 Å². The quantitative estimate of drug-likeness (QED) is 0.343. The van der Waals surface area contributed by atoms with Gasteiger partial charge in [0.15, 0.2) is 0 Å². The molecular weight excluding hydrogens is 414 g/mol. The monoisotopic (exact) mass is 437 g/mol. The maximum absolute atomic E-state index is 12.8. The smallest absolute Gasteiger partial charge is 0.341 e. The summed E-state index contributed by atoms with van der Waals surface area (Å²) in [5, 5.41) is 3.97. The minimum atomic E-state index is -0.338. The molecule has 0 saturated heterocycles. The average molecular weight is 438 g/mol. The van der Waals surface area contributed by atoms with Crippen LogP contribution in [-0.4, -0.2) is 23.7 Å². The summed E-state index contributed by atoms with van der Waals surface area (Å²) in [4.78, 5) is 27.6. The van der Waals surface area contributed by atoms with Crippen LogP contribution < -0.4 is 5.32 Å². The van der Waals surface area contributed by atoms with Gasteiger partial charge in [-0.15, -0.1) is 23.1 Å². The number of aryl methyl sites for hydroxylation is 1. The van der Waals surface area contributed by atoms with Crippen molar-refractivity contribution in [2.24, 2.45) is 0 Å². The highest BCUT2D eigenvalue weighted by Gasteiger charge is 2.27. The van der Waals surface area contributed by atoms with Crippen molar-refractivity contribution in [1.82, 2.24) is 0 Å². The van der Waals surface area contributed by atoms with Crippen LogP contribution in [0.2, 0.25) is 5.02 Å². The summed E-state index contributed by atoms with van der Waals surface area (Å²) in [6, 6.07) is 7.41. The topological polar surface area (TPSA) is 55.4 Å². The van der Waals surface area contributed by atoms with Gasteiger partial charge in [-0.1, -0.05) is 18.0 Å². The number of carbonyl (C=O) groups is 2.